The molecule has 0 bridgehead atoms. The number of rotatable bonds is 2. The Bertz CT molecular complexity index is 638. The summed E-state index contributed by atoms with van der Waals surface area (Å²) >= 11 is 0.970. The predicted octanol–water partition coefficient (Wildman–Crippen LogP) is 2.78. The first-order chi connectivity index (χ1) is 9.60. The highest BCUT2D eigenvalue weighted by molar-refractivity contribution is 8.18. The Balaban J connectivity index is 1.97. The maximum atomic E-state index is 12.1. The molecule has 1 saturated heterocycles. The largest absolute Gasteiger partial charge is 0.454 e. The summed E-state index contributed by atoms with van der Waals surface area (Å²) in [7, 11) is 0. The van der Waals surface area contributed by atoms with E-state index in [1.165, 1.54) is 4.90 Å². The highest BCUT2D eigenvalue weighted by atomic mass is 32.2. The van der Waals surface area contributed by atoms with E-state index >= 15 is 0 Å². The van der Waals surface area contributed by atoms with Crippen LogP contribution < -0.4 is 9.47 Å². The van der Waals surface area contributed by atoms with Crippen molar-refractivity contribution in [3.63, 3.8) is 0 Å². The van der Waals surface area contributed by atoms with Gasteiger partial charge in [-0.05, 0) is 54.9 Å². The number of fused-ring (bicyclic) bond motifs is 1. The highest BCUT2D eigenvalue weighted by Gasteiger charge is 2.33. The van der Waals surface area contributed by atoms with E-state index in [2.05, 4.69) is 0 Å². The van der Waals surface area contributed by atoms with Gasteiger partial charge in [-0.15, -0.1) is 0 Å². The molecular formula is C14H13NO4S. The van der Waals surface area contributed by atoms with Crippen LogP contribution in [0.3, 0.4) is 0 Å². The van der Waals surface area contributed by atoms with Crippen LogP contribution in [0.2, 0.25) is 0 Å². The standard InChI is InChI=1S/C14H13NO4S/c1-3-15-13(16)12(20-14(15)17)6-9-5-11-10(4-8(9)2)18-7-19-11/h4-6H,3,7H2,1-2H3/b12-6+. The molecule has 104 valence electrons. The molecule has 0 atom stereocenters. The number of aryl methyl sites for hydroxylation is 1. The zero-order valence-electron chi connectivity index (χ0n) is 11.1. The molecule has 6 heteroatoms. The van der Waals surface area contributed by atoms with Crippen molar-refractivity contribution in [2.75, 3.05) is 13.3 Å². The third kappa shape index (κ3) is 2.06. The van der Waals surface area contributed by atoms with E-state index in [0.29, 0.717) is 22.9 Å². The second-order valence-electron chi connectivity index (χ2n) is 4.49. The van der Waals surface area contributed by atoms with E-state index in [-0.39, 0.29) is 17.9 Å². The molecule has 2 amide bonds. The third-order valence-corrected chi connectivity index (χ3v) is 4.15. The quantitative estimate of drug-likeness (QED) is 0.784. The average molecular weight is 291 g/mol. The van der Waals surface area contributed by atoms with Crippen molar-refractivity contribution in [1.82, 2.24) is 4.90 Å². The van der Waals surface area contributed by atoms with Crippen LogP contribution in [0.1, 0.15) is 18.1 Å². The van der Waals surface area contributed by atoms with Gasteiger partial charge >= 0.3 is 0 Å². The smallest absolute Gasteiger partial charge is 0.293 e. The number of hydrogen-bond acceptors (Lipinski definition) is 5. The number of ether oxygens (including phenoxy) is 2. The van der Waals surface area contributed by atoms with Crippen molar-refractivity contribution >= 4 is 29.0 Å². The van der Waals surface area contributed by atoms with Crippen LogP contribution >= 0.6 is 11.8 Å². The number of benzene rings is 1. The summed E-state index contributed by atoms with van der Waals surface area (Å²) in [5, 5.41) is -0.220. The van der Waals surface area contributed by atoms with E-state index in [4.69, 9.17) is 9.47 Å². The van der Waals surface area contributed by atoms with Gasteiger partial charge in [-0.3, -0.25) is 14.5 Å². The summed E-state index contributed by atoms with van der Waals surface area (Å²) in [6, 6.07) is 3.70. The molecule has 1 aromatic rings. The Morgan fingerprint density at radius 1 is 1.30 bits per heavy atom. The lowest BCUT2D eigenvalue weighted by atomic mass is 10.1. The number of likely N-dealkylation sites (N-methyl/N-ethyl adjacent to an activating group) is 1. The first kappa shape index (κ1) is 13.1. The number of carbonyl (C=O) groups excluding carboxylic acids is 2. The van der Waals surface area contributed by atoms with Gasteiger partial charge in [0.15, 0.2) is 11.5 Å². The summed E-state index contributed by atoms with van der Waals surface area (Å²) in [4.78, 5) is 25.4. The second kappa shape index (κ2) is 4.86. The Morgan fingerprint density at radius 2 is 2.00 bits per heavy atom. The second-order valence-corrected chi connectivity index (χ2v) is 5.48. The number of thioether (sulfide) groups is 1. The summed E-state index contributed by atoms with van der Waals surface area (Å²) in [6.45, 7) is 4.32. The molecule has 2 aliphatic rings. The first-order valence-electron chi connectivity index (χ1n) is 6.25. The van der Waals surface area contributed by atoms with E-state index in [9.17, 15) is 9.59 Å². The van der Waals surface area contributed by atoms with Crippen LogP contribution in [0.15, 0.2) is 17.0 Å². The van der Waals surface area contributed by atoms with Gasteiger partial charge in [-0.2, -0.15) is 0 Å². The molecule has 0 aliphatic carbocycles. The lowest BCUT2D eigenvalue weighted by Crippen LogP contribution is -2.27. The van der Waals surface area contributed by atoms with Gasteiger partial charge in [0.25, 0.3) is 11.1 Å². The fourth-order valence-corrected chi connectivity index (χ4v) is 3.02. The van der Waals surface area contributed by atoms with Crippen molar-refractivity contribution in [2.24, 2.45) is 0 Å². The lowest BCUT2D eigenvalue weighted by Gasteiger charge is -2.07. The van der Waals surface area contributed by atoms with Gasteiger partial charge in [0, 0.05) is 6.54 Å². The monoisotopic (exact) mass is 291 g/mol. The molecule has 0 unspecified atom stereocenters. The zero-order valence-corrected chi connectivity index (χ0v) is 12.0. The van der Waals surface area contributed by atoms with Crippen molar-refractivity contribution in [1.29, 1.82) is 0 Å². The molecule has 0 radical (unpaired) electrons. The van der Waals surface area contributed by atoms with Gasteiger partial charge in [-0.1, -0.05) is 0 Å². The lowest BCUT2D eigenvalue weighted by molar-refractivity contribution is -0.122. The van der Waals surface area contributed by atoms with Crippen LogP contribution in [0.4, 0.5) is 4.79 Å². The normalized spacial score (nSPS) is 19.3. The van der Waals surface area contributed by atoms with E-state index < -0.39 is 0 Å². The van der Waals surface area contributed by atoms with Crippen molar-refractivity contribution < 1.29 is 19.1 Å². The minimum Gasteiger partial charge on any atom is -0.454 e. The van der Waals surface area contributed by atoms with Gasteiger partial charge in [0.2, 0.25) is 6.79 Å². The molecular weight excluding hydrogens is 278 g/mol. The topological polar surface area (TPSA) is 55.8 Å². The van der Waals surface area contributed by atoms with E-state index in [1.54, 1.807) is 13.0 Å². The van der Waals surface area contributed by atoms with Crippen LogP contribution in [0, 0.1) is 6.92 Å². The molecule has 2 heterocycles. The molecule has 0 spiro atoms. The van der Waals surface area contributed by atoms with E-state index in [0.717, 1.165) is 22.9 Å². The minimum atomic E-state index is -0.237. The van der Waals surface area contributed by atoms with Crippen LogP contribution in [0.5, 0.6) is 11.5 Å². The van der Waals surface area contributed by atoms with Crippen LogP contribution in [-0.2, 0) is 4.79 Å². The fraction of sp³-hybridized carbons (Fsp3) is 0.286. The van der Waals surface area contributed by atoms with Gasteiger partial charge in [-0.25, -0.2) is 0 Å². The van der Waals surface area contributed by atoms with Crippen molar-refractivity contribution in [3.05, 3.63) is 28.2 Å². The summed E-state index contributed by atoms with van der Waals surface area (Å²) in [5.74, 6) is 1.14. The predicted molar refractivity (Wildman–Crippen MR) is 75.7 cm³/mol. The maximum Gasteiger partial charge on any atom is 0.293 e. The first-order valence-corrected chi connectivity index (χ1v) is 7.07. The third-order valence-electron chi connectivity index (χ3n) is 3.24. The zero-order chi connectivity index (χ0) is 14.3. The summed E-state index contributed by atoms with van der Waals surface area (Å²) in [6.07, 6.45) is 1.73. The van der Waals surface area contributed by atoms with E-state index in [1.807, 2.05) is 19.1 Å². The maximum absolute atomic E-state index is 12.1. The Morgan fingerprint density at radius 3 is 2.65 bits per heavy atom. The molecule has 3 rings (SSSR count). The van der Waals surface area contributed by atoms with Crippen molar-refractivity contribution in [2.45, 2.75) is 13.8 Å². The Hall–Kier alpha value is -1.95. The van der Waals surface area contributed by atoms with Crippen molar-refractivity contribution in [3.8, 4) is 11.5 Å². The van der Waals surface area contributed by atoms with Crippen LogP contribution in [-0.4, -0.2) is 29.4 Å². The molecule has 2 aliphatic heterocycles. The number of imide groups is 1. The fourth-order valence-electron chi connectivity index (χ4n) is 2.13. The Labute approximate surface area is 120 Å². The molecule has 1 fully saturated rings. The van der Waals surface area contributed by atoms with Gasteiger partial charge in [0.05, 0.1) is 4.91 Å². The highest BCUT2D eigenvalue weighted by Crippen LogP contribution is 2.37. The number of amides is 2. The SMILES string of the molecule is CCN1C(=O)S/C(=C/c2cc3c(cc2C)OCO3)C1=O. The Kier molecular flexibility index (Phi) is 3.17. The number of carbonyl (C=O) groups is 2. The minimum absolute atomic E-state index is 0.213. The average Bonchev–Trinajstić information content (AvgIpc) is 2.95. The molecule has 0 saturated carbocycles. The molecule has 20 heavy (non-hydrogen) atoms. The molecule has 0 N–H and O–H groups in total. The number of hydrogen-bond donors (Lipinski definition) is 0. The van der Waals surface area contributed by atoms with Gasteiger partial charge < -0.3 is 9.47 Å². The molecule has 1 aromatic carbocycles. The molecule has 5 nitrogen and oxygen atoms in total. The summed E-state index contributed by atoms with van der Waals surface area (Å²) < 4.78 is 10.6. The van der Waals surface area contributed by atoms with Gasteiger partial charge in [0.1, 0.15) is 0 Å². The number of nitrogens with zero attached hydrogens (tertiary/aromatic N) is 1. The summed E-state index contributed by atoms with van der Waals surface area (Å²) in [5.41, 5.74) is 1.83. The molecule has 0 aromatic heterocycles. The van der Waals surface area contributed by atoms with Crippen LogP contribution in [0.25, 0.3) is 6.08 Å².